The summed E-state index contributed by atoms with van der Waals surface area (Å²) in [6, 6.07) is 13.6. The van der Waals surface area contributed by atoms with Crippen LogP contribution in [-0.2, 0) is 10.0 Å². The minimum atomic E-state index is -3.51. The first-order chi connectivity index (χ1) is 12.0. The summed E-state index contributed by atoms with van der Waals surface area (Å²) in [6.07, 6.45) is 1.65. The van der Waals surface area contributed by atoms with Crippen LogP contribution in [0.2, 0.25) is 5.02 Å². The number of ether oxygens (including phenoxy) is 1. The molecule has 3 rings (SSSR count). The molecule has 0 radical (unpaired) electrons. The molecule has 0 atom stereocenters. The van der Waals surface area contributed by atoms with Crippen LogP contribution in [0, 0.1) is 0 Å². The summed E-state index contributed by atoms with van der Waals surface area (Å²) < 4.78 is 32.8. The Kier molecular flexibility index (Phi) is 7.32. The largest absolute Gasteiger partial charge is 0.457 e. The maximum absolute atomic E-state index is 12.8. The standard InChI is InChI=1S/C18H21ClN2O3S.ClH/c1-21(15-9-11-20-12-10-15)25(22,23)18-7-5-16(6-8-18)24-17-4-2-3-14(19)13-17;/h2-8,13,15,20H,9-12H2,1H3;1H. The van der Waals surface area contributed by atoms with Crippen molar-refractivity contribution in [3.05, 3.63) is 53.6 Å². The van der Waals surface area contributed by atoms with Gasteiger partial charge in [-0.2, -0.15) is 4.31 Å². The Morgan fingerprint density at radius 3 is 2.35 bits per heavy atom. The van der Waals surface area contributed by atoms with Gasteiger partial charge >= 0.3 is 0 Å². The molecule has 1 heterocycles. The molecule has 5 nitrogen and oxygen atoms in total. The molecular weight excluding hydrogens is 395 g/mol. The molecule has 1 aliphatic rings. The van der Waals surface area contributed by atoms with Gasteiger partial charge in [0, 0.05) is 18.1 Å². The van der Waals surface area contributed by atoms with E-state index in [1.165, 1.54) is 4.31 Å². The number of rotatable bonds is 5. The molecule has 0 saturated carbocycles. The molecular formula is C18H22Cl2N2O3S. The molecule has 26 heavy (non-hydrogen) atoms. The molecule has 0 aliphatic carbocycles. The van der Waals surface area contributed by atoms with Gasteiger partial charge in [0.1, 0.15) is 11.5 Å². The second kappa shape index (κ2) is 9.06. The normalized spacial score (nSPS) is 15.5. The highest BCUT2D eigenvalue weighted by Crippen LogP contribution is 2.27. The highest BCUT2D eigenvalue weighted by atomic mass is 35.5. The van der Waals surface area contributed by atoms with Crippen molar-refractivity contribution >= 4 is 34.0 Å². The first-order valence-corrected chi connectivity index (χ1v) is 10.0. The molecule has 0 spiro atoms. The van der Waals surface area contributed by atoms with Crippen molar-refractivity contribution in [2.45, 2.75) is 23.8 Å². The minimum absolute atomic E-state index is 0. The third-order valence-electron chi connectivity index (χ3n) is 4.36. The second-order valence-corrected chi connectivity index (χ2v) is 8.47. The fourth-order valence-corrected chi connectivity index (χ4v) is 4.48. The van der Waals surface area contributed by atoms with Gasteiger partial charge in [-0.1, -0.05) is 17.7 Å². The number of halogens is 2. The topological polar surface area (TPSA) is 58.6 Å². The van der Waals surface area contributed by atoms with Crippen LogP contribution in [0.5, 0.6) is 11.5 Å². The van der Waals surface area contributed by atoms with Crippen molar-refractivity contribution in [2.75, 3.05) is 20.1 Å². The summed E-state index contributed by atoms with van der Waals surface area (Å²) >= 11 is 5.94. The highest BCUT2D eigenvalue weighted by molar-refractivity contribution is 7.89. The Hall–Kier alpha value is -1.31. The van der Waals surface area contributed by atoms with Crippen molar-refractivity contribution < 1.29 is 13.2 Å². The number of nitrogens with one attached hydrogen (secondary N) is 1. The van der Waals surface area contributed by atoms with Crippen molar-refractivity contribution in [3.8, 4) is 11.5 Å². The molecule has 0 amide bonds. The van der Waals surface area contributed by atoms with E-state index in [-0.39, 0.29) is 23.3 Å². The van der Waals surface area contributed by atoms with Crippen LogP contribution >= 0.6 is 24.0 Å². The molecule has 1 saturated heterocycles. The number of piperidine rings is 1. The average molecular weight is 417 g/mol. The maximum Gasteiger partial charge on any atom is 0.243 e. The lowest BCUT2D eigenvalue weighted by Gasteiger charge is -2.30. The van der Waals surface area contributed by atoms with Crippen LogP contribution in [0.4, 0.5) is 0 Å². The number of hydrogen-bond donors (Lipinski definition) is 1. The van der Waals surface area contributed by atoms with Gasteiger partial charge in [-0.25, -0.2) is 8.42 Å². The van der Waals surface area contributed by atoms with E-state index in [9.17, 15) is 8.42 Å². The lowest BCUT2D eigenvalue weighted by molar-refractivity contribution is 0.296. The van der Waals surface area contributed by atoms with Crippen LogP contribution in [0.25, 0.3) is 0 Å². The molecule has 8 heteroatoms. The van der Waals surface area contributed by atoms with Crippen molar-refractivity contribution in [2.24, 2.45) is 0 Å². The van der Waals surface area contributed by atoms with Gasteiger partial charge in [0.25, 0.3) is 0 Å². The van der Waals surface area contributed by atoms with Crippen LogP contribution in [0.15, 0.2) is 53.4 Å². The van der Waals surface area contributed by atoms with Crippen molar-refractivity contribution in [1.29, 1.82) is 0 Å². The van der Waals surface area contributed by atoms with E-state index in [1.54, 1.807) is 55.6 Å². The average Bonchev–Trinajstić information content (AvgIpc) is 2.62. The van der Waals surface area contributed by atoms with E-state index in [2.05, 4.69) is 5.32 Å². The molecule has 1 aliphatic heterocycles. The third-order valence-corrected chi connectivity index (χ3v) is 6.51. The Balaban J connectivity index is 0.00000243. The van der Waals surface area contributed by atoms with Gasteiger partial charge in [-0.05, 0) is 68.4 Å². The number of sulfonamides is 1. The summed E-state index contributed by atoms with van der Waals surface area (Å²) in [5.74, 6) is 1.17. The predicted molar refractivity (Wildman–Crippen MR) is 106 cm³/mol. The second-order valence-electron chi connectivity index (χ2n) is 6.03. The summed E-state index contributed by atoms with van der Waals surface area (Å²) in [5.41, 5.74) is 0. The lowest BCUT2D eigenvalue weighted by Crippen LogP contribution is -2.43. The van der Waals surface area contributed by atoms with Gasteiger partial charge in [-0.15, -0.1) is 12.4 Å². The van der Waals surface area contributed by atoms with E-state index < -0.39 is 10.0 Å². The first kappa shape index (κ1) is 21.0. The number of hydrogen-bond acceptors (Lipinski definition) is 4. The molecule has 0 aromatic heterocycles. The van der Waals surface area contributed by atoms with Gasteiger partial charge in [0.15, 0.2) is 0 Å². The van der Waals surface area contributed by atoms with Crippen LogP contribution < -0.4 is 10.1 Å². The van der Waals surface area contributed by atoms with Gasteiger partial charge < -0.3 is 10.1 Å². The number of nitrogens with zero attached hydrogens (tertiary/aromatic N) is 1. The molecule has 0 unspecified atom stereocenters. The van der Waals surface area contributed by atoms with E-state index in [0.29, 0.717) is 16.5 Å². The van der Waals surface area contributed by atoms with Gasteiger partial charge in [-0.3, -0.25) is 0 Å². The number of benzene rings is 2. The van der Waals surface area contributed by atoms with Crippen LogP contribution in [-0.4, -0.2) is 38.9 Å². The Morgan fingerprint density at radius 2 is 1.73 bits per heavy atom. The maximum atomic E-state index is 12.8. The fraction of sp³-hybridized carbons (Fsp3) is 0.333. The summed E-state index contributed by atoms with van der Waals surface area (Å²) in [6.45, 7) is 1.69. The fourth-order valence-electron chi connectivity index (χ4n) is 2.88. The molecule has 2 aromatic carbocycles. The molecule has 0 bridgehead atoms. The zero-order chi connectivity index (χ0) is 17.9. The summed E-state index contributed by atoms with van der Waals surface area (Å²) in [7, 11) is -1.85. The van der Waals surface area contributed by atoms with E-state index >= 15 is 0 Å². The summed E-state index contributed by atoms with van der Waals surface area (Å²) in [4.78, 5) is 0.270. The summed E-state index contributed by atoms with van der Waals surface area (Å²) in [5, 5.41) is 3.83. The monoisotopic (exact) mass is 416 g/mol. The molecule has 142 valence electrons. The first-order valence-electron chi connectivity index (χ1n) is 8.19. The van der Waals surface area contributed by atoms with Gasteiger partial charge in [0.05, 0.1) is 4.90 Å². The van der Waals surface area contributed by atoms with E-state index in [0.717, 1.165) is 25.9 Å². The molecule has 1 N–H and O–H groups in total. The zero-order valence-corrected chi connectivity index (χ0v) is 16.8. The van der Waals surface area contributed by atoms with Crippen molar-refractivity contribution in [1.82, 2.24) is 9.62 Å². The van der Waals surface area contributed by atoms with Crippen LogP contribution in [0.1, 0.15) is 12.8 Å². The van der Waals surface area contributed by atoms with Gasteiger partial charge in [0.2, 0.25) is 10.0 Å². The minimum Gasteiger partial charge on any atom is -0.457 e. The molecule has 2 aromatic rings. The smallest absolute Gasteiger partial charge is 0.243 e. The van der Waals surface area contributed by atoms with E-state index in [1.807, 2.05) is 0 Å². The molecule has 1 fully saturated rings. The predicted octanol–water partition coefficient (Wildman–Crippen LogP) is 3.93. The SMILES string of the molecule is CN(C1CCNCC1)S(=O)(=O)c1ccc(Oc2cccc(Cl)c2)cc1.Cl. The van der Waals surface area contributed by atoms with E-state index in [4.69, 9.17) is 16.3 Å². The lowest BCUT2D eigenvalue weighted by atomic mass is 10.1. The highest BCUT2D eigenvalue weighted by Gasteiger charge is 2.28. The Labute approximate surface area is 165 Å². The third kappa shape index (κ3) is 4.90. The Bertz CT molecular complexity index is 823. The van der Waals surface area contributed by atoms with Crippen LogP contribution in [0.3, 0.4) is 0 Å². The quantitative estimate of drug-likeness (QED) is 0.801. The zero-order valence-electron chi connectivity index (χ0n) is 14.4. The Morgan fingerprint density at radius 1 is 1.08 bits per heavy atom. The van der Waals surface area contributed by atoms with Crippen molar-refractivity contribution in [3.63, 3.8) is 0 Å².